The minimum Gasteiger partial charge on any atom is -0.496 e. The Morgan fingerprint density at radius 2 is 2.11 bits per heavy atom. The second-order valence-electron chi connectivity index (χ2n) is 6.72. The molecule has 0 bridgehead atoms. The first-order valence-electron chi connectivity index (χ1n) is 8.81. The van der Waals surface area contributed by atoms with Crippen LogP contribution in [0.1, 0.15) is 23.2 Å². The molecule has 1 atom stereocenters. The number of nitrogens with zero attached hydrogens (tertiary/aromatic N) is 2. The number of carbonyl (C=O) groups is 2. The molecule has 27 heavy (non-hydrogen) atoms. The number of sulfonamides is 1. The quantitative estimate of drug-likeness (QED) is 0.699. The fourth-order valence-corrected chi connectivity index (χ4v) is 4.14. The molecular formula is C17H24N4O5S. The summed E-state index contributed by atoms with van der Waals surface area (Å²) in [4.78, 5) is 28.6. The van der Waals surface area contributed by atoms with E-state index in [-0.39, 0.29) is 34.1 Å². The Labute approximate surface area is 158 Å². The van der Waals surface area contributed by atoms with Crippen molar-refractivity contribution in [2.45, 2.75) is 23.8 Å². The number of piperazine rings is 1. The lowest BCUT2D eigenvalue weighted by molar-refractivity contribution is -0.135. The number of methoxy groups -OCH3 is 1. The van der Waals surface area contributed by atoms with E-state index < -0.39 is 10.0 Å². The van der Waals surface area contributed by atoms with Crippen molar-refractivity contribution in [3.63, 3.8) is 0 Å². The van der Waals surface area contributed by atoms with Crippen LogP contribution in [0.3, 0.4) is 0 Å². The topological polar surface area (TPSA) is 122 Å². The van der Waals surface area contributed by atoms with Gasteiger partial charge in [0, 0.05) is 32.2 Å². The number of benzene rings is 1. The van der Waals surface area contributed by atoms with Gasteiger partial charge in [-0.05, 0) is 31.0 Å². The van der Waals surface area contributed by atoms with Crippen LogP contribution in [0.4, 0.5) is 0 Å². The summed E-state index contributed by atoms with van der Waals surface area (Å²) in [7, 11) is -2.52. The number of likely N-dealkylation sites (tertiary alicyclic amines) is 1. The number of piperidine rings is 1. The van der Waals surface area contributed by atoms with E-state index in [4.69, 9.17) is 9.88 Å². The van der Waals surface area contributed by atoms with Crippen LogP contribution < -0.4 is 15.2 Å². The molecule has 0 aromatic heterocycles. The van der Waals surface area contributed by atoms with Gasteiger partial charge in [0.2, 0.25) is 15.9 Å². The lowest BCUT2D eigenvalue weighted by Crippen LogP contribution is -2.57. The highest BCUT2D eigenvalue weighted by Crippen LogP contribution is 2.26. The molecule has 148 valence electrons. The maximum absolute atomic E-state index is 13.1. The van der Waals surface area contributed by atoms with E-state index in [1.165, 1.54) is 25.3 Å². The van der Waals surface area contributed by atoms with E-state index in [2.05, 4.69) is 5.32 Å². The van der Waals surface area contributed by atoms with Crippen molar-refractivity contribution in [3.8, 4) is 5.75 Å². The molecular weight excluding hydrogens is 372 g/mol. The van der Waals surface area contributed by atoms with Gasteiger partial charge < -0.3 is 19.9 Å². The van der Waals surface area contributed by atoms with Crippen LogP contribution >= 0.6 is 0 Å². The van der Waals surface area contributed by atoms with Crippen molar-refractivity contribution in [3.05, 3.63) is 23.8 Å². The third kappa shape index (κ3) is 4.23. The molecule has 0 radical (unpaired) electrons. The van der Waals surface area contributed by atoms with Gasteiger partial charge in [0.1, 0.15) is 5.75 Å². The Hall–Kier alpha value is -2.17. The van der Waals surface area contributed by atoms with Crippen LogP contribution in [0.2, 0.25) is 0 Å². The zero-order valence-electron chi connectivity index (χ0n) is 15.2. The summed E-state index contributed by atoms with van der Waals surface area (Å²) in [6.07, 6.45) is 1.61. The molecule has 0 spiro atoms. The Morgan fingerprint density at radius 3 is 2.78 bits per heavy atom. The fourth-order valence-electron chi connectivity index (χ4n) is 3.60. The summed E-state index contributed by atoms with van der Waals surface area (Å²) in [5, 5.41) is 8.23. The zero-order chi connectivity index (χ0) is 19.6. The summed E-state index contributed by atoms with van der Waals surface area (Å²) in [6, 6.07) is 3.94. The predicted octanol–water partition coefficient (Wildman–Crippen LogP) is -0.621. The van der Waals surface area contributed by atoms with Crippen molar-refractivity contribution in [1.82, 2.24) is 15.1 Å². The second-order valence-corrected chi connectivity index (χ2v) is 8.28. The van der Waals surface area contributed by atoms with E-state index in [0.29, 0.717) is 26.2 Å². The minimum atomic E-state index is -3.94. The number of nitrogens with one attached hydrogen (secondary N) is 1. The molecule has 2 aliphatic rings. The third-order valence-corrected chi connectivity index (χ3v) is 5.89. The first-order chi connectivity index (χ1) is 12.8. The van der Waals surface area contributed by atoms with Crippen LogP contribution in [-0.4, -0.2) is 75.9 Å². The Kier molecular flexibility index (Phi) is 5.68. The lowest BCUT2D eigenvalue weighted by Gasteiger charge is -2.41. The van der Waals surface area contributed by atoms with Gasteiger partial charge in [0.25, 0.3) is 5.91 Å². The number of hydrogen-bond acceptors (Lipinski definition) is 6. The highest BCUT2D eigenvalue weighted by Gasteiger charge is 2.33. The number of amides is 2. The molecule has 2 saturated heterocycles. The number of nitrogens with two attached hydrogens (primary N) is 1. The monoisotopic (exact) mass is 396 g/mol. The molecule has 1 aromatic carbocycles. The van der Waals surface area contributed by atoms with Crippen molar-refractivity contribution in [2.24, 2.45) is 5.14 Å². The summed E-state index contributed by atoms with van der Waals surface area (Å²) in [5.74, 6) is -0.00763. The van der Waals surface area contributed by atoms with E-state index in [9.17, 15) is 18.0 Å². The molecule has 2 aliphatic heterocycles. The van der Waals surface area contributed by atoms with Gasteiger partial charge >= 0.3 is 0 Å². The molecule has 0 aliphatic carbocycles. The highest BCUT2D eigenvalue weighted by molar-refractivity contribution is 7.89. The summed E-state index contributed by atoms with van der Waals surface area (Å²) < 4.78 is 28.5. The Morgan fingerprint density at radius 1 is 1.33 bits per heavy atom. The normalized spacial score (nSPS) is 21.3. The molecule has 3 N–H and O–H groups in total. The zero-order valence-corrected chi connectivity index (χ0v) is 16.0. The summed E-state index contributed by atoms with van der Waals surface area (Å²) in [6.45, 7) is 2.62. The number of rotatable bonds is 4. The molecule has 3 rings (SSSR count). The molecule has 2 fully saturated rings. The molecule has 1 unspecified atom stereocenters. The number of ether oxygens (including phenoxy) is 1. The van der Waals surface area contributed by atoms with Gasteiger partial charge in [-0.25, -0.2) is 13.6 Å². The molecule has 1 aromatic rings. The number of hydrogen-bond donors (Lipinski definition) is 2. The summed E-state index contributed by atoms with van der Waals surface area (Å²) >= 11 is 0. The number of carbonyl (C=O) groups excluding carboxylic acids is 2. The largest absolute Gasteiger partial charge is 0.496 e. The van der Waals surface area contributed by atoms with Crippen LogP contribution in [0.25, 0.3) is 0 Å². The average molecular weight is 396 g/mol. The molecule has 2 amide bonds. The standard InChI is InChI=1S/C17H24N4O5S/c1-26-15-5-4-13(27(18,24)25)9-14(15)17(23)20-7-2-3-12(11-20)21-8-6-19-10-16(21)22/h4-5,9,12,19H,2-3,6-8,10-11H2,1H3,(H2,18,24,25). The Bertz CT molecular complexity index is 842. The van der Waals surface area contributed by atoms with Crippen LogP contribution in [0, 0.1) is 0 Å². The first-order valence-corrected chi connectivity index (χ1v) is 10.4. The van der Waals surface area contributed by atoms with Crippen molar-refractivity contribution < 1.29 is 22.7 Å². The maximum atomic E-state index is 13.1. The lowest BCUT2D eigenvalue weighted by atomic mass is 10.0. The average Bonchev–Trinajstić information content (AvgIpc) is 2.66. The van der Waals surface area contributed by atoms with E-state index in [1.54, 1.807) is 4.90 Å². The van der Waals surface area contributed by atoms with Crippen LogP contribution in [0.15, 0.2) is 23.1 Å². The van der Waals surface area contributed by atoms with Gasteiger partial charge in [-0.2, -0.15) is 0 Å². The van der Waals surface area contributed by atoms with E-state index >= 15 is 0 Å². The van der Waals surface area contributed by atoms with Crippen molar-refractivity contribution in [1.29, 1.82) is 0 Å². The van der Waals surface area contributed by atoms with Gasteiger partial charge in [-0.3, -0.25) is 9.59 Å². The van der Waals surface area contributed by atoms with Crippen LogP contribution in [0.5, 0.6) is 5.75 Å². The third-order valence-electron chi connectivity index (χ3n) is 4.98. The summed E-state index contributed by atoms with van der Waals surface area (Å²) in [5.41, 5.74) is 0.149. The van der Waals surface area contributed by atoms with Gasteiger partial charge in [0.05, 0.1) is 24.1 Å². The maximum Gasteiger partial charge on any atom is 0.257 e. The smallest absolute Gasteiger partial charge is 0.257 e. The SMILES string of the molecule is COc1ccc(S(N)(=O)=O)cc1C(=O)N1CCCC(N2CCNCC2=O)C1. The fraction of sp³-hybridized carbons (Fsp3) is 0.529. The van der Waals surface area contributed by atoms with Gasteiger partial charge in [-0.15, -0.1) is 0 Å². The second kappa shape index (κ2) is 7.83. The first kappa shape index (κ1) is 19.6. The van der Waals surface area contributed by atoms with E-state index in [0.717, 1.165) is 19.4 Å². The predicted molar refractivity (Wildman–Crippen MR) is 97.9 cm³/mol. The van der Waals surface area contributed by atoms with Gasteiger partial charge in [0.15, 0.2) is 0 Å². The molecule has 0 saturated carbocycles. The Balaban J connectivity index is 1.83. The highest BCUT2D eigenvalue weighted by atomic mass is 32.2. The van der Waals surface area contributed by atoms with Crippen molar-refractivity contribution in [2.75, 3.05) is 39.8 Å². The molecule has 2 heterocycles. The van der Waals surface area contributed by atoms with Gasteiger partial charge in [-0.1, -0.05) is 0 Å². The minimum absolute atomic E-state index is 0.0364. The van der Waals surface area contributed by atoms with Crippen LogP contribution in [-0.2, 0) is 14.8 Å². The van der Waals surface area contributed by atoms with Crippen molar-refractivity contribution >= 4 is 21.8 Å². The molecule has 9 nitrogen and oxygen atoms in total. The number of primary sulfonamides is 1. The molecule has 10 heteroatoms. The van der Waals surface area contributed by atoms with E-state index in [1.807, 2.05) is 4.90 Å².